The Balaban J connectivity index is 1.58. The summed E-state index contributed by atoms with van der Waals surface area (Å²) in [7, 11) is 0. The summed E-state index contributed by atoms with van der Waals surface area (Å²) in [6, 6.07) is 24.8. The molecule has 0 spiro atoms. The van der Waals surface area contributed by atoms with Gasteiger partial charge in [0.2, 0.25) is 0 Å². The van der Waals surface area contributed by atoms with Crippen molar-refractivity contribution in [1.29, 1.82) is 0 Å². The van der Waals surface area contributed by atoms with Gasteiger partial charge in [0.15, 0.2) is 17.1 Å². The Labute approximate surface area is 233 Å². The van der Waals surface area contributed by atoms with Crippen LogP contribution < -0.4 is 15.2 Å². The van der Waals surface area contributed by atoms with E-state index in [0.29, 0.717) is 17.3 Å². The Morgan fingerprint density at radius 3 is 1.33 bits per heavy atom. The summed E-state index contributed by atoms with van der Waals surface area (Å²) in [5.74, 6) is -3.55. The van der Waals surface area contributed by atoms with Gasteiger partial charge < -0.3 is 15.2 Å². The second kappa shape index (κ2) is 12.2. The van der Waals surface area contributed by atoms with E-state index in [1.807, 2.05) is 0 Å². The standard InChI is InChI=1S/C30H19Cl2NO6/c31-20-11-13-25(22(15-20)27(34)18-7-3-1-4-8-18)38-29(36)24(17-33)30(37)39-26-14-12-21(32)16-23(26)28(35)19-9-5-2-6-10-19/h1-17H,33H2. The van der Waals surface area contributed by atoms with Crippen LogP contribution in [0.5, 0.6) is 11.5 Å². The predicted molar refractivity (Wildman–Crippen MR) is 146 cm³/mol. The fourth-order valence-corrected chi connectivity index (χ4v) is 3.90. The van der Waals surface area contributed by atoms with E-state index in [1.165, 1.54) is 36.4 Å². The molecule has 0 unspecified atom stereocenters. The summed E-state index contributed by atoms with van der Waals surface area (Å²) in [6.45, 7) is 0. The molecule has 0 saturated carbocycles. The Kier molecular flexibility index (Phi) is 8.56. The highest BCUT2D eigenvalue weighted by Crippen LogP contribution is 2.28. The third-order valence-electron chi connectivity index (χ3n) is 5.46. The maximum atomic E-state index is 13.0. The van der Waals surface area contributed by atoms with Gasteiger partial charge in [-0.2, -0.15) is 0 Å². The molecule has 0 atom stereocenters. The van der Waals surface area contributed by atoms with Gasteiger partial charge in [-0.3, -0.25) is 9.59 Å². The number of nitrogens with two attached hydrogens (primary N) is 1. The first kappa shape index (κ1) is 27.3. The molecule has 0 radical (unpaired) electrons. The molecule has 0 fully saturated rings. The number of carbonyl (C=O) groups excluding carboxylic acids is 4. The number of rotatable bonds is 8. The predicted octanol–water partition coefficient (Wildman–Crippen LogP) is 5.81. The SMILES string of the molecule is NC=C(C(=O)Oc1ccc(Cl)cc1C(=O)c1ccccc1)C(=O)Oc1ccc(Cl)cc1C(=O)c1ccccc1. The third-order valence-corrected chi connectivity index (χ3v) is 5.93. The first-order valence-electron chi connectivity index (χ1n) is 11.4. The van der Waals surface area contributed by atoms with Gasteiger partial charge in [-0.1, -0.05) is 83.9 Å². The van der Waals surface area contributed by atoms with Crippen LogP contribution in [-0.2, 0) is 9.59 Å². The van der Waals surface area contributed by atoms with E-state index in [9.17, 15) is 19.2 Å². The van der Waals surface area contributed by atoms with E-state index in [1.54, 1.807) is 60.7 Å². The lowest BCUT2D eigenvalue weighted by atomic mass is 10.0. The van der Waals surface area contributed by atoms with Crippen LogP contribution >= 0.6 is 23.2 Å². The first-order valence-corrected chi connectivity index (χ1v) is 12.2. The fourth-order valence-electron chi connectivity index (χ4n) is 3.56. The molecular weight excluding hydrogens is 541 g/mol. The van der Waals surface area contributed by atoms with Gasteiger partial charge in [0.25, 0.3) is 0 Å². The lowest BCUT2D eigenvalue weighted by molar-refractivity contribution is -0.137. The number of ketones is 2. The molecule has 0 amide bonds. The van der Waals surface area contributed by atoms with Crippen LogP contribution in [-0.4, -0.2) is 23.5 Å². The van der Waals surface area contributed by atoms with Gasteiger partial charge >= 0.3 is 11.9 Å². The zero-order chi connectivity index (χ0) is 27.9. The number of halogens is 2. The maximum Gasteiger partial charge on any atom is 0.352 e. The highest BCUT2D eigenvalue weighted by atomic mass is 35.5. The summed E-state index contributed by atoms with van der Waals surface area (Å²) >= 11 is 12.2. The van der Waals surface area contributed by atoms with Gasteiger partial charge in [0, 0.05) is 27.4 Å². The van der Waals surface area contributed by atoms with Crippen molar-refractivity contribution < 1.29 is 28.7 Å². The normalized spacial score (nSPS) is 10.3. The lowest BCUT2D eigenvalue weighted by Crippen LogP contribution is -2.24. The van der Waals surface area contributed by atoms with E-state index >= 15 is 0 Å². The Morgan fingerprint density at radius 1 is 0.590 bits per heavy atom. The van der Waals surface area contributed by atoms with E-state index in [4.69, 9.17) is 38.4 Å². The highest BCUT2D eigenvalue weighted by molar-refractivity contribution is 6.31. The molecule has 4 rings (SSSR count). The molecule has 0 aliphatic rings. The van der Waals surface area contributed by atoms with Crippen molar-refractivity contribution in [3.8, 4) is 11.5 Å². The van der Waals surface area contributed by atoms with Crippen LogP contribution in [0.25, 0.3) is 0 Å². The molecule has 0 heterocycles. The van der Waals surface area contributed by atoms with Gasteiger partial charge in [-0.05, 0) is 36.4 Å². The molecule has 0 aliphatic heterocycles. The second-order valence-electron chi connectivity index (χ2n) is 8.03. The minimum Gasteiger partial charge on any atom is -0.422 e. The van der Waals surface area contributed by atoms with Gasteiger partial charge in [-0.15, -0.1) is 0 Å². The molecule has 194 valence electrons. The average molecular weight is 560 g/mol. The number of benzene rings is 4. The van der Waals surface area contributed by atoms with E-state index < -0.39 is 29.1 Å². The molecule has 0 saturated heterocycles. The maximum absolute atomic E-state index is 13.0. The average Bonchev–Trinajstić information content (AvgIpc) is 2.95. The largest absolute Gasteiger partial charge is 0.422 e. The molecule has 39 heavy (non-hydrogen) atoms. The lowest BCUT2D eigenvalue weighted by Gasteiger charge is -2.13. The minimum absolute atomic E-state index is 0.000217. The number of hydrogen-bond donors (Lipinski definition) is 1. The Bertz CT molecular complexity index is 1480. The molecule has 7 nitrogen and oxygen atoms in total. The third kappa shape index (κ3) is 6.41. The molecule has 4 aromatic rings. The zero-order valence-corrected chi connectivity index (χ0v) is 21.6. The summed E-state index contributed by atoms with van der Waals surface area (Å²) < 4.78 is 10.7. The number of hydrogen-bond acceptors (Lipinski definition) is 7. The van der Waals surface area contributed by atoms with Gasteiger partial charge in [0.1, 0.15) is 11.5 Å². The fraction of sp³-hybridized carbons (Fsp3) is 0. The quantitative estimate of drug-likeness (QED) is 0.0723. The Hall–Kier alpha value is -4.72. The van der Waals surface area contributed by atoms with Crippen LogP contribution in [0.3, 0.4) is 0 Å². The topological polar surface area (TPSA) is 113 Å². The van der Waals surface area contributed by atoms with Crippen LogP contribution in [0.4, 0.5) is 0 Å². The van der Waals surface area contributed by atoms with Crippen molar-refractivity contribution >= 4 is 46.7 Å². The van der Waals surface area contributed by atoms with Crippen molar-refractivity contribution in [3.05, 3.63) is 141 Å². The van der Waals surface area contributed by atoms with E-state index in [0.717, 1.165) is 0 Å². The number of esters is 2. The van der Waals surface area contributed by atoms with Gasteiger partial charge in [-0.25, -0.2) is 9.59 Å². The minimum atomic E-state index is -1.18. The van der Waals surface area contributed by atoms with E-state index in [2.05, 4.69) is 0 Å². The summed E-state index contributed by atoms with van der Waals surface area (Å²) in [5.41, 5.74) is 5.57. The Morgan fingerprint density at radius 2 is 0.974 bits per heavy atom. The van der Waals surface area contributed by atoms with E-state index in [-0.39, 0.29) is 32.7 Å². The summed E-state index contributed by atoms with van der Waals surface area (Å²) in [6.07, 6.45) is 0.716. The molecule has 2 N–H and O–H groups in total. The molecular formula is C30H19Cl2NO6. The van der Waals surface area contributed by atoms with Crippen LogP contribution in [0, 0.1) is 0 Å². The van der Waals surface area contributed by atoms with Gasteiger partial charge in [0.05, 0.1) is 11.1 Å². The molecule has 0 aromatic heterocycles. The smallest absolute Gasteiger partial charge is 0.352 e. The highest BCUT2D eigenvalue weighted by Gasteiger charge is 2.27. The molecule has 4 aromatic carbocycles. The zero-order valence-electron chi connectivity index (χ0n) is 20.1. The van der Waals surface area contributed by atoms with Crippen molar-refractivity contribution in [2.75, 3.05) is 0 Å². The molecule has 0 aliphatic carbocycles. The molecule has 9 heteroatoms. The molecule has 0 bridgehead atoms. The van der Waals surface area contributed by atoms with Crippen LogP contribution in [0.2, 0.25) is 10.0 Å². The van der Waals surface area contributed by atoms with Crippen molar-refractivity contribution in [2.24, 2.45) is 5.73 Å². The van der Waals surface area contributed by atoms with Crippen LogP contribution in [0.15, 0.2) is 109 Å². The summed E-state index contributed by atoms with van der Waals surface area (Å²) in [4.78, 5) is 52.0. The number of carbonyl (C=O) groups is 4. The van der Waals surface area contributed by atoms with Crippen LogP contribution in [0.1, 0.15) is 31.8 Å². The first-order chi connectivity index (χ1) is 18.8. The van der Waals surface area contributed by atoms with Crippen molar-refractivity contribution in [3.63, 3.8) is 0 Å². The van der Waals surface area contributed by atoms with Crippen molar-refractivity contribution in [2.45, 2.75) is 0 Å². The van der Waals surface area contributed by atoms with Crippen molar-refractivity contribution in [1.82, 2.24) is 0 Å². The number of ether oxygens (including phenoxy) is 2. The monoisotopic (exact) mass is 559 g/mol. The second-order valence-corrected chi connectivity index (χ2v) is 8.90. The summed E-state index contributed by atoms with van der Waals surface area (Å²) in [5, 5.41) is 0.475.